The van der Waals surface area contributed by atoms with Crippen molar-refractivity contribution in [3.63, 3.8) is 0 Å². The monoisotopic (exact) mass is 247 g/mol. The first kappa shape index (κ1) is 12.4. The second-order valence-electron chi connectivity index (χ2n) is 4.14. The highest BCUT2D eigenvalue weighted by Gasteiger charge is 2.01. The molecule has 0 amide bonds. The first-order chi connectivity index (χ1) is 8.75. The molecule has 0 bridgehead atoms. The van der Waals surface area contributed by atoms with E-state index in [2.05, 4.69) is 10.3 Å². The van der Waals surface area contributed by atoms with Gasteiger partial charge in [-0.2, -0.15) is 0 Å². The van der Waals surface area contributed by atoms with Crippen molar-refractivity contribution in [3.05, 3.63) is 42.5 Å². The molecule has 0 spiro atoms. The van der Waals surface area contributed by atoms with Crippen molar-refractivity contribution in [1.82, 2.24) is 14.9 Å². The smallest absolute Gasteiger partial charge is 0.123 e. The van der Waals surface area contributed by atoms with Crippen molar-refractivity contribution < 1.29 is 10.2 Å². The summed E-state index contributed by atoms with van der Waals surface area (Å²) in [7, 11) is 0. The maximum atomic E-state index is 9.59. The Labute approximate surface area is 106 Å². The lowest BCUT2D eigenvalue weighted by Gasteiger charge is -2.07. The SMILES string of the molecule is Oc1ccc(CNCCCn2ccnc2)c(O)c1. The number of benzene rings is 1. The Kier molecular flexibility index (Phi) is 4.20. The normalized spacial score (nSPS) is 10.7. The van der Waals surface area contributed by atoms with Gasteiger partial charge < -0.3 is 20.1 Å². The predicted octanol–water partition coefficient (Wildman–Crippen LogP) is 1.47. The van der Waals surface area contributed by atoms with Gasteiger partial charge in [-0.25, -0.2) is 4.98 Å². The van der Waals surface area contributed by atoms with Gasteiger partial charge in [-0.15, -0.1) is 0 Å². The number of phenolic OH excluding ortho intramolecular Hbond substituents is 2. The van der Waals surface area contributed by atoms with E-state index in [1.165, 1.54) is 6.07 Å². The molecule has 0 radical (unpaired) electrons. The highest BCUT2D eigenvalue weighted by molar-refractivity contribution is 5.38. The topological polar surface area (TPSA) is 70.3 Å². The summed E-state index contributed by atoms with van der Waals surface area (Å²) in [6, 6.07) is 4.64. The number of nitrogens with one attached hydrogen (secondary N) is 1. The van der Waals surface area contributed by atoms with Gasteiger partial charge in [0.15, 0.2) is 0 Å². The zero-order chi connectivity index (χ0) is 12.8. The summed E-state index contributed by atoms with van der Waals surface area (Å²) >= 11 is 0. The lowest BCUT2D eigenvalue weighted by Crippen LogP contribution is -2.16. The van der Waals surface area contributed by atoms with Crippen LogP contribution in [0.15, 0.2) is 36.9 Å². The Hall–Kier alpha value is -2.01. The first-order valence-electron chi connectivity index (χ1n) is 5.93. The molecule has 18 heavy (non-hydrogen) atoms. The van der Waals surface area contributed by atoms with Crippen LogP contribution >= 0.6 is 0 Å². The molecule has 0 aliphatic carbocycles. The van der Waals surface area contributed by atoms with Crippen LogP contribution in [0.5, 0.6) is 11.5 Å². The van der Waals surface area contributed by atoms with Crippen molar-refractivity contribution in [2.75, 3.05) is 6.54 Å². The van der Waals surface area contributed by atoms with Crippen molar-refractivity contribution in [2.45, 2.75) is 19.5 Å². The number of rotatable bonds is 6. The quantitative estimate of drug-likeness (QED) is 0.676. The lowest BCUT2D eigenvalue weighted by atomic mass is 10.2. The van der Waals surface area contributed by atoms with E-state index in [-0.39, 0.29) is 11.5 Å². The number of hydrogen-bond acceptors (Lipinski definition) is 4. The van der Waals surface area contributed by atoms with E-state index < -0.39 is 0 Å². The van der Waals surface area contributed by atoms with E-state index in [1.807, 2.05) is 10.8 Å². The number of phenols is 2. The molecule has 0 fully saturated rings. The predicted molar refractivity (Wildman–Crippen MR) is 68.3 cm³/mol. The first-order valence-corrected chi connectivity index (χ1v) is 5.93. The fourth-order valence-corrected chi connectivity index (χ4v) is 1.73. The fourth-order valence-electron chi connectivity index (χ4n) is 1.73. The zero-order valence-corrected chi connectivity index (χ0v) is 10.1. The Morgan fingerprint density at radius 1 is 1.28 bits per heavy atom. The largest absolute Gasteiger partial charge is 0.508 e. The van der Waals surface area contributed by atoms with E-state index in [9.17, 15) is 5.11 Å². The third-order valence-corrected chi connectivity index (χ3v) is 2.71. The number of hydrogen-bond donors (Lipinski definition) is 3. The number of imidazole rings is 1. The van der Waals surface area contributed by atoms with Crippen LogP contribution in [-0.2, 0) is 13.1 Å². The molecule has 0 unspecified atom stereocenters. The third-order valence-electron chi connectivity index (χ3n) is 2.71. The molecule has 3 N–H and O–H groups in total. The van der Waals surface area contributed by atoms with E-state index in [0.29, 0.717) is 6.54 Å². The Morgan fingerprint density at radius 3 is 2.89 bits per heavy atom. The van der Waals surface area contributed by atoms with Gasteiger partial charge in [0.25, 0.3) is 0 Å². The molecule has 96 valence electrons. The summed E-state index contributed by atoms with van der Waals surface area (Å²) < 4.78 is 2.03. The van der Waals surface area contributed by atoms with Gasteiger partial charge in [0.05, 0.1) is 6.33 Å². The lowest BCUT2D eigenvalue weighted by molar-refractivity contribution is 0.443. The van der Waals surface area contributed by atoms with Gasteiger partial charge in [0.2, 0.25) is 0 Å². The van der Waals surface area contributed by atoms with Gasteiger partial charge in [-0.1, -0.05) is 6.07 Å². The molecule has 0 aliphatic rings. The summed E-state index contributed by atoms with van der Waals surface area (Å²) in [5, 5.41) is 22.0. The van der Waals surface area contributed by atoms with Crippen LogP contribution in [-0.4, -0.2) is 26.3 Å². The van der Waals surface area contributed by atoms with Crippen molar-refractivity contribution in [2.24, 2.45) is 0 Å². The molecular weight excluding hydrogens is 230 g/mol. The molecule has 2 rings (SSSR count). The van der Waals surface area contributed by atoms with Crippen LogP contribution in [0.2, 0.25) is 0 Å². The minimum Gasteiger partial charge on any atom is -0.508 e. The molecule has 2 aromatic rings. The van der Waals surface area contributed by atoms with E-state index >= 15 is 0 Å². The Bertz CT molecular complexity index is 483. The number of aromatic hydroxyl groups is 2. The molecule has 0 saturated heterocycles. The maximum Gasteiger partial charge on any atom is 0.123 e. The zero-order valence-electron chi connectivity index (χ0n) is 10.1. The van der Waals surface area contributed by atoms with Crippen LogP contribution in [0.4, 0.5) is 0 Å². The molecule has 5 heteroatoms. The molecule has 0 atom stereocenters. The van der Waals surface area contributed by atoms with E-state index in [4.69, 9.17) is 5.11 Å². The van der Waals surface area contributed by atoms with E-state index in [0.717, 1.165) is 25.1 Å². The average molecular weight is 247 g/mol. The molecule has 0 saturated carbocycles. The highest BCUT2D eigenvalue weighted by atomic mass is 16.3. The van der Waals surface area contributed by atoms with Crippen LogP contribution in [0, 0.1) is 0 Å². The van der Waals surface area contributed by atoms with Gasteiger partial charge in [-0.05, 0) is 19.0 Å². The van der Waals surface area contributed by atoms with Crippen LogP contribution in [0.25, 0.3) is 0 Å². The van der Waals surface area contributed by atoms with Gasteiger partial charge in [0.1, 0.15) is 11.5 Å². The van der Waals surface area contributed by atoms with Crippen LogP contribution < -0.4 is 5.32 Å². The molecule has 5 nitrogen and oxygen atoms in total. The van der Waals surface area contributed by atoms with Crippen molar-refractivity contribution in [3.8, 4) is 11.5 Å². The minimum absolute atomic E-state index is 0.0800. The summed E-state index contributed by atoms with van der Waals surface area (Å²) in [5.41, 5.74) is 0.787. The minimum atomic E-state index is 0.0800. The number of nitrogens with zero attached hydrogens (tertiary/aromatic N) is 2. The second-order valence-corrected chi connectivity index (χ2v) is 4.14. The molecule has 1 heterocycles. The fraction of sp³-hybridized carbons (Fsp3) is 0.308. The molecule has 1 aromatic heterocycles. The molecular formula is C13H17N3O2. The van der Waals surface area contributed by atoms with Crippen molar-refractivity contribution >= 4 is 0 Å². The van der Waals surface area contributed by atoms with Gasteiger partial charge >= 0.3 is 0 Å². The molecule has 0 aliphatic heterocycles. The second kappa shape index (κ2) is 6.07. The number of aryl methyl sites for hydroxylation is 1. The van der Waals surface area contributed by atoms with Crippen LogP contribution in [0.3, 0.4) is 0 Å². The third kappa shape index (κ3) is 3.49. The summed E-state index contributed by atoms with van der Waals surface area (Å²) in [6.07, 6.45) is 6.49. The van der Waals surface area contributed by atoms with E-state index in [1.54, 1.807) is 24.7 Å². The summed E-state index contributed by atoms with van der Waals surface area (Å²) in [4.78, 5) is 3.97. The van der Waals surface area contributed by atoms with Gasteiger partial charge in [0, 0.05) is 37.1 Å². The number of aromatic nitrogens is 2. The Balaban J connectivity index is 1.69. The maximum absolute atomic E-state index is 9.59. The Morgan fingerprint density at radius 2 is 2.17 bits per heavy atom. The van der Waals surface area contributed by atoms with Crippen LogP contribution in [0.1, 0.15) is 12.0 Å². The molecule has 1 aromatic carbocycles. The summed E-state index contributed by atoms with van der Waals surface area (Å²) in [6.45, 7) is 2.38. The van der Waals surface area contributed by atoms with Gasteiger partial charge in [-0.3, -0.25) is 0 Å². The summed E-state index contributed by atoms with van der Waals surface area (Å²) in [5.74, 6) is 0.202. The average Bonchev–Trinajstić information content (AvgIpc) is 2.84. The van der Waals surface area contributed by atoms with Crippen molar-refractivity contribution in [1.29, 1.82) is 0 Å². The highest BCUT2D eigenvalue weighted by Crippen LogP contribution is 2.22. The standard InChI is InChI=1S/C13H17N3O2/c17-12-3-2-11(13(18)8-12)9-14-4-1-6-16-7-5-15-10-16/h2-3,5,7-8,10,14,17-18H,1,4,6,9H2.